The molecular formula is C26H25NO7. The molecule has 0 aromatic heterocycles. The SMILES string of the molecule is COC(=O)c1cc(C(=O)OC)cc(N2C(=O)C(O)=C(C(=O)C3CC3)[C@@H]2c2cc(C)ccc2C)c1. The van der Waals surface area contributed by atoms with Gasteiger partial charge in [-0.1, -0.05) is 23.8 Å². The Bertz CT molecular complexity index is 1220. The summed E-state index contributed by atoms with van der Waals surface area (Å²) in [7, 11) is 2.40. The van der Waals surface area contributed by atoms with E-state index in [1.165, 1.54) is 37.3 Å². The van der Waals surface area contributed by atoms with E-state index in [-0.39, 0.29) is 34.1 Å². The van der Waals surface area contributed by atoms with Crippen LogP contribution in [0.5, 0.6) is 0 Å². The monoisotopic (exact) mass is 463 g/mol. The van der Waals surface area contributed by atoms with E-state index in [1.807, 2.05) is 32.0 Å². The summed E-state index contributed by atoms with van der Waals surface area (Å²) in [5.41, 5.74) is 2.64. The number of aliphatic hydroxyl groups excluding tert-OH is 1. The molecule has 0 bridgehead atoms. The van der Waals surface area contributed by atoms with Gasteiger partial charge in [-0.3, -0.25) is 14.5 Å². The number of benzene rings is 2. The van der Waals surface area contributed by atoms with Gasteiger partial charge in [-0.2, -0.15) is 0 Å². The molecule has 8 heteroatoms. The van der Waals surface area contributed by atoms with Crippen molar-refractivity contribution < 1.29 is 33.8 Å². The number of carbonyl (C=O) groups excluding carboxylic acids is 4. The summed E-state index contributed by atoms with van der Waals surface area (Å²) in [4.78, 5) is 52.5. The van der Waals surface area contributed by atoms with E-state index in [0.717, 1.165) is 11.1 Å². The number of carbonyl (C=O) groups is 4. The Kier molecular flexibility index (Phi) is 6.00. The summed E-state index contributed by atoms with van der Waals surface area (Å²) in [5, 5.41) is 10.9. The lowest BCUT2D eigenvalue weighted by Crippen LogP contribution is -2.32. The van der Waals surface area contributed by atoms with Crippen LogP contribution in [0.2, 0.25) is 0 Å². The van der Waals surface area contributed by atoms with Crippen molar-refractivity contribution in [1.82, 2.24) is 0 Å². The molecule has 1 amide bonds. The van der Waals surface area contributed by atoms with Gasteiger partial charge in [-0.05, 0) is 56.0 Å². The normalized spacial score (nSPS) is 17.7. The molecule has 2 aromatic rings. The first kappa shape index (κ1) is 23.2. The number of aliphatic hydroxyl groups is 1. The lowest BCUT2D eigenvalue weighted by Gasteiger charge is -2.29. The molecule has 1 aliphatic heterocycles. The standard InChI is InChI=1S/C26H25NO7/c1-13-5-6-14(2)19(9-13)21-20(22(28)15-7-8-15)23(29)24(30)27(21)18-11-16(25(31)33-3)10-17(12-18)26(32)34-4/h5-6,9-12,15,21,29H,7-8H2,1-4H3/t21-/m0/s1. The predicted molar refractivity (Wildman–Crippen MR) is 123 cm³/mol. The Morgan fingerprint density at radius 1 is 0.941 bits per heavy atom. The molecule has 1 heterocycles. The highest BCUT2D eigenvalue weighted by atomic mass is 16.5. The lowest BCUT2D eigenvalue weighted by atomic mass is 9.90. The molecule has 1 saturated carbocycles. The average molecular weight is 463 g/mol. The number of ether oxygens (including phenoxy) is 2. The van der Waals surface area contributed by atoms with Gasteiger partial charge in [0.2, 0.25) is 0 Å². The van der Waals surface area contributed by atoms with Crippen LogP contribution in [0.15, 0.2) is 47.7 Å². The molecule has 1 N–H and O–H groups in total. The summed E-state index contributed by atoms with van der Waals surface area (Å²) in [6, 6.07) is 8.84. The number of rotatable bonds is 6. The first-order chi connectivity index (χ1) is 16.2. The number of anilines is 1. The van der Waals surface area contributed by atoms with Crippen LogP contribution in [0.25, 0.3) is 0 Å². The average Bonchev–Trinajstić information content (AvgIpc) is 3.65. The third kappa shape index (κ3) is 3.96. The minimum atomic E-state index is -0.918. The van der Waals surface area contributed by atoms with Gasteiger partial charge < -0.3 is 14.6 Å². The number of esters is 2. The van der Waals surface area contributed by atoms with E-state index in [4.69, 9.17) is 9.47 Å². The number of aryl methyl sites for hydroxylation is 2. The molecule has 0 radical (unpaired) electrons. The molecule has 2 aliphatic rings. The van der Waals surface area contributed by atoms with Crippen molar-refractivity contribution in [3.05, 3.63) is 75.5 Å². The fraction of sp³-hybridized carbons (Fsp3) is 0.308. The van der Waals surface area contributed by atoms with Crippen LogP contribution in [0, 0.1) is 19.8 Å². The second kappa shape index (κ2) is 8.78. The number of amides is 1. The summed E-state index contributed by atoms with van der Waals surface area (Å²) in [6.45, 7) is 3.75. The van der Waals surface area contributed by atoms with Crippen LogP contribution < -0.4 is 4.90 Å². The Labute approximate surface area is 196 Å². The fourth-order valence-electron chi connectivity index (χ4n) is 4.26. The summed E-state index contributed by atoms with van der Waals surface area (Å²) in [5.74, 6) is -3.33. The number of hydrogen-bond acceptors (Lipinski definition) is 7. The number of nitrogens with zero attached hydrogens (tertiary/aromatic N) is 1. The molecule has 8 nitrogen and oxygen atoms in total. The zero-order chi connectivity index (χ0) is 24.7. The maximum atomic E-state index is 13.4. The fourth-order valence-corrected chi connectivity index (χ4v) is 4.26. The molecule has 0 saturated heterocycles. The lowest BCUT2D eigenvalue weighted by molar-refractivity contribution is -0.118. The Balaban J connectivity index is 1.95. The first-order valence-electron chi connectivity index (χ1n) is 10.9. The van der Waals surface area contributed by atoms with Crippen molar-refractivity contribution >= 4 is 29.3 Å². The Morgan fingerprint density at radius 2 is 1.53 bits per heavy atom. The highest BCUT2D eigenvalue weighted by molar-refractivity contribution is 6.17. The van der Waals surface area contributed by atoms with Crippen molar-refractivity contribution in [3.8, 4) is 0 Å². The minimum Gasteiger partial charge on any atom is -0.503 e. The Morgan fingerprint density at radius 3 is 2.06 bits per heavy atom. The molecule has 2 aromatic carbocycles. The highest BCUT2D eigenvalue weighted by Gasteiger charge is 2.48. The van der Waals surface area contributed by atoms with Gasteiger partial charge >= 0.3 is 11.9 Å². The van der Waals surface area contributed by atoms with Gasteiger partial charge in [-0.15, -0.1) is 0 Å². The Hall–Kier alpha value is -3.94. The second-order valence-electron chi connectivity index (χ2n) is 8.59. The van der Waals surface area contributed by atoms with Crippen molar-refractivity contribution in [3.63, 3.8) is 0 Å². The van der Waals surface area contributed by atoms with Crippen molar-refractivity contribution in [2.75, 3.05) is 19.1 Å². The van der Waals surface area contributed by atoms with Gasteiger partial charge in [0, 0.05) is 11.6 Å². The zero-order valence-electron chi connectivity index (χ0n) is 19.4. The van der Waals surface area contributed by atoms with Gasteiger partial charge in [0.15, 0.2) is 11.5 Å². The predicted octanol–water partition coefficient (Wildman–Crippen LogP) is 3.76. The van der Waals surface area contributed by atoms with E-state index in [2.05, 4.69) is 0 Å². The van der Waals surface area contributed by atoms with Crippen LogP contribution in [0.3, 0.4) is 0 Å². The van der Waals surface area contributed by atoms with Gasteiger partial charge in [0.1, 0.15) is 0 Å². The molecule has 0 spiro atoms. The number of Topliss-reactive ketones (excluding diaryl/α,β-unsaturated/α-hetero) is 1. The van der Waals surface area contributed by atoms with Gasteiger partial charge in [0.05, 0.1) is 37.0 Å². The number of ketones is 1. The minimum absolute atomic E-state index is 0.0226. The van der Waals surface area contributed by atoms with E-state index in [9.17, 15) is 24.3 Å². The largest absolute Gasteiger partial charge is 0.503 e. The number of hydrogen-bond donors (Lipinski definition) is 1. The van der Waals surface area contributed by atoms with Gasteiger partial charge in [-0.25, -0.2) is 9.59 Å². The third-order valence-corrected chi connectivity index (χ3v) is 6.19. The highest BCUT2D eigenvalue weighted by Crippen LogP contribution is 2.46. The molecule has 1 atom stereocenters. The van der Waals surface area contributed by atoms with Crippen molar-refractivity contribution in [2.45, 2.75) is 32.7 Å². The summed E-state index contributed by atoms with van der Waals surface area (Å²) >= 11 is 0. The topological polar surface area (TPSA) is 110 Å². The molecule has 1 fully saturated rings. The van der Waals surface area contributed by atoms with Crippen LogP contribution in [0.4, 0.5) is 5.69 Å². The molecule has 34 heavy (non-hydrogen) atoms. The van der Waals surface area contributed by atoms with Crippen molar-refractivity contribution in [1.29, 1.82) is 0 Å². The number of methoxy groups -OCH3 is 2. The van der Waals surface area contributed by atoms with Crippen LogP contribution in [-0.4, -0.2) is 43.0 Å². The van der Waals surface area contributed by atoms with E-state index < -0.39 is 29.6 Å². The summed E-state index contributed by atoms with van der Waals surface area (Å²) < 4.78 is 9.61. The molecule has 1 aliphatic carbocycles. The van der Waals surface area contributed by atoms with E-state index in [1.54, 1.807) is 0 Å². The molecular weight excluding hydrogens is 438 g/mol. The maximum Gasteiger partial charge on any atom is 0.337 e. The van der Waals surface area contributed by atoms with Crippen LogP contribution >= 0.6 is 0 Å². The third-order valence-electron chi connectivity index (χ3n) is 6.19. The van der Waals surface area contributed by atoms with Gasteiger partial charge in [0.25, 0.3) is 5.91 Å². The maximum absolute atomic E-state index is 13.4. The van der Waals surface area contributed by atoms with Crippen LogP contribution in [-0.2, 0) is 19.1 Å². The first-order valence-corrected chi connectivity index (χ1v) is 10.9. The summed E-state index contributed by atoms with van der Waals surface area (Å²) in [6.07, 6.45) is 1.40. The van der Waals surface area contributed by atoms with E-state index in [0.29, 0.717) is 18.4 Å². The molecule has 0 unspecified atom stereocenters. The smallest absolute Gasteiger partial charge is 0.337 e. The zero-order valence-corrected chi connectivity index (χ0v) is 19.4. The van der Waals surface area contributed by atoms with E-state index >= 15 is 0 Å². The van der Waals surface area contributed by atoms with Crippen LogP contribution in [0.1, 0.15) is 56.3 Å². The second-order valence-corrected chi connectivity index (χ2v) is 8.59. The molecule has 176 valence electrons. The quantitative estimate of drug-likeness (QED) is 0.650. The van der Waals surface area contributed by atoms with Crippen molar-refractivity contribution in [2.24, 2.45) is 5.92 Å². The molecule has 4 rings (SSSR count).